The number of alkyl halides is 2. The molecule has 0 bridgehead atoms. The van der Waals surface area contributed by atoms with Gasteiger partial charge in [-0.1, -0.05) is 37.6 Å². The van der Waals surface area contributed by atoms with Crippen LogP contribution >= 0.6 is 0 Å². The normalized spacial score (nSPS) is 17.7. The summed E-state index contributed by atoms with van der Waals surface area (Å²) in [6, 6.07) is 8.61. The zero-order valence-corrected chi connectivity index (χ0v) is 20.4. The molecule has 0 radical (unpaired) electrons. The van der Waals surface area contributed by atoms with Crippen LogP contribution in [-0.2, 0) is 9.47 Å². The van der Waals surface area contributed by atoms with E-state index in [1.165, 1.54) is 18.2 Å². The molecule has 0 aliphatic carbocycles. The smallest absolute Gasteiger partial charge is 0.423 e. The molecule has 3 aromatic carbocycles. The molecule has 0 spiro atoms. The van der Waals surface area contributed by atoms with Gasteiger partial charge in [0.05, 0.1) is 19.3 Å². The fourth-order valence-corrected chi connectivity index (χ4v) is 4.24. The van der Waals surface area contributed by atoms with Gasteiger partial charge in [0, 0.05) is 22.6 Å². The van der Waals surface area contributed by atoms with Gasteiger partial charge in [-0.15, -0.1) is 0 Å². The van der Waals surface area contributed by atoms with E-state index in [9.17, 15) is 35.1 Å². The van der Waals surface area contributed by atoms with E-state index in [2.05, 4.69) is 11.7 Å². The van der Waals surface area contributed by atoms with E-state index in [1.54, 1.807) is 6.07 Å². The van der Waals surface area contributed by atoms with Crippen LogP contribution in [0, 0.1) is 29.2 Å². The average molecular weight is 558 g/mol. The SMILES string of the molecule is CCCC1COC(c2ccc(-c3ccc(-c4cc(F)c(OC(F)(F)C=C(F)F)c(F)c4)c(F)c3)c(F)c2)OC1. The summed E-state index contributed by atoms with van der Waals surface area (Å²) in [5.74, 6) is -6.36. The number of hydrogen-bond acceptors (Lipinski definition) is 3. The first-order valence-corrected chi connectivity index (χ1v) is 11.9. The van der Waals surface area contributed by atoms with Gasteiger partial charge in [0.15, 0.2) is 23.7 Å². The van der Waals surface area contributed by atoms with Crippen LogP contribution in [0.15, 0.2) is 60.7 Å². The van der Waals surface area contributed by atoms with Crippen LogP contribution in [0.4, 0.5) is 35.1 Å². The fourth-order valence-electron chi connectivity index (χ4n) is 4.24. The quantitative estimate of drug-likeness (QED) is 0.259. The van der Waals surface area contributed by atoms with E-state index in [4.69, 9.17) is 9.47 Å². The zero-order chi connectivity index (χ0) is 28.3. The Morgan fingerprint density at radius 2 is 1.41 bits per heavy atom. The third-order valence-electron chi connectivity index (χ3n) is 6.03. The van der Waals surface area contributed by atoms with Gasteiger partial charge in [-0.25, -0.2) is 17.6 Å². The number of benzene rings is 3. The molecule has 0 saturated carbocycles. The summed E-state index contributed by atoms with van der Waals surface area (Å²) >= 11 is 0. The highest BCUT2D eigenvalue weighted by molar-refractivity contribution is 5.72. The Kier molecular flexibility index (Phi) is 8.60. The van der Waals surface area contributed by atoms with Crippen LogP contribution in [0.2, 0.25) is 0 Å². The van der Waals surface area contributed by atoms with Crippen molar-refractivity contribution in [2.75, 3.05) is 13.2 Å². The van der Waals surface area contributed by atoms with Crippen molar-refractivity contribution in [2.24, 2.45) is 5.92 Å². The van der Waals surface area contributed by atoms with Crippen molar-refractivity contribution in [3.05, 3.63) is 89.5 Å². The first-order valence-electron chi connectivity index (χ1n) is 11.9. The Bertz CT molecular complexity index is 1340. The van der Waals surface area contributed by atoms with Gasteiger partial charge in [0.1, 0.15) is 11.6 Å². The lowest BCUT2D eigenvalue weighted by atomic mass is 9.98. The molecular formula is C28H22F8O3. The minimum absolute atomic E-state index is 0.0420. The Morgan fingerprint density at radius 3 is 1.97 bits per heavy atom. The van der Waals surface area contributed by atoms with E-state index in [0.29, 0.717) is 30.9 Å². The highest BCUT2D eigenvalue weighted by Gasteiger charge is 2.33. The summed E-state index contributed by atoms with van der Waals surface area (Å²) in [7, 11) is 0. The van der Waals surface area contributed by atoms with Crippen LogP contribution < -0.4 is 4.74 Å². The van der Waals surface area contributed by atoms with Crippen molar-refractivity contribution < 1.29 is 49.3 Å². The number of hydrogen-bond donors (Lipinski definition) is 0. The fraction of sp³-hybridized carbons (Fsp3) is 0.286. The standard InChI is InChI=1S/C28H22F8O3/c1-2-3-15-13-37-27(38-14-15)17-5-7-19(22(30)9-17)16-4-6-20(21(29)8-16)18-10-23(31)26(24(32)11-18)39-28(35,36)12-25(33)34/h4-12,15,27H,2-3,13-14H2,1H3. The van der Waals surface area contributed by atoms with Crippen LogP contribution in [0.1, 0.15) is 31.6 Å². The molecule has 0 N–H and O–H groups in total. The van der Waals surface area contributed by atoms with Crippen molar-refractivity contribution in [3.8, 4) is 28.0 Å². The van der Waals surface area contributed by atoms with Crippen LogP contribution in [0.3, 0.4) is 0 Å². The highest BCUT2D eigenvalue weighted by atomic mass is 19.3. The topological polar surface area (TPSA) is 27.7 Å². The molecule has 1 aliphatic rings. The molecule has 3 aromatic rings. The maximum atomic E-state index is 15.0. The summed E-state index contributed by atoms with van der Waals surface area (Å²) in [5.41, 5.74) is -0.102. The summed E-state index contributed by atoms with van der Waals surface area (Å²) in [5, 5.41) is 0. The molecule has 39 heavy (non-hydrogen) atoms. The summed E-state index contributed by atoms with van der Waals surface area (Å²) in [6.07, 6.45) is -7.21. The van der Waals surface area contributed by atoms with E-state index in [-0.39, 0.29) is 28.2 Å². The van der Waals surface area contributed by atoms with Gasteiger partial charge in [0.25, 0.3) is 6.08 Å². The molecule has 1 aliphatic heterocycles. The summed E-state index contributed by atoms with van der Waals surface area (Å²) in [4.78, 5) is 0. The summed E-state index contributed by atoms with van der Waals surface area (Å²) in [6.45, 7) is 3.03. The Morgan fingerprint density at radius 1 is 0.846 bits per heavy atom. The second-order valence-corrected chi connectivity index (χ2v) is 8.95. The number of ether oxygens (including phenoxy) is 3. The second kappa shape index (κ2) is 11.7. The average Bonchev–Trinajstić information content (AvgIpc) is 2.86. The zero-order valence-electron chi connectivity index (χ0n) is 20.4. The van der Waals surface area contributed by atoms with Crippen molar-refractivity contribution in [3.63, 3.8) is 0 Å². The molecule has 1 saturated heterocycles. The molecule has 0 atom stereocenters. The molecule has 11 heteroatoms. The monoisotopic (exact) mass is 558 g/mol. The molecule has 4 rings (SSSR count). The maximum Gasteiger partial charge on any atom is 0.425 e. The van der Waals surface area contributed by atoms with Gasteiger partial charge >= 0.3 is 6.11 Å². The van der Waals surface area contributed by atoms with Gasteiger partial charge in [-0.2, -0.15) is 17.6 Å². The third kappa shape index (κ3) is 6.77. The number of halogens is 8. The lowest BCUT2D eigenvalue weighted by molar-refractivity contribution is -0.206. The molecular weight excluding hydrogens is 536 g/mol. The maximum absolute atomic E-state index is 15.0. The van der Waals surface area contributed by atoms with Crippen molar-refractivity contribution in [1.82, 2.24) is 0 Å². The molecule has 0 unspecified atom stereocenters. The van der Waals surface area contributed by atoms with E-state index >= 15 is 0 Å². The van der Waals surface area contributed by atoms with Gasteiger partial charge in [-0.05, 0) is 41.8 Å². The molecule has 0 amide bonds. The van der Waals surface area contributed by atoms with Crippen LogP contribution in [-0.4, -0.2) is 19.3 Å². The number of rotatable bonds is 8. The predicted octanol–water partition coefficient (Wildman–Crippen LogP) is 8.79. The minimum atomic E-state index is -4.69. The molecule has 0 aromatic heterocycles. The van der Waals surface area contributed by atoms with Crippen LogP contribution in [0.25, 0.3) is 22.3 Å². The molecule has 1 heterocycles. The Balaban J connectivity index is 1.55. The second-order valence-electron chi connectivity index (χ2n) is 8.95. The first-order chi connectivity index (χ1) is 18.5. The lowest BCUT2D eigenvalue weighted by Gasteiger charge is -2.29. The van der Waals surface area contributed by atoms with Crippen molar-refractivity contribution in [2.45, 2.75) is 32.2 Å². The molecule has 208 valence electrons. The van der Waals surface area contributed by atoms with E-state index < -0.39 is 53.6 Å². The predicted molar refractivity (Wildman–Crippen MR) is 126 cm³/mol. The first kappa shape index (κ1) is 28.6. The van der Waals surface area contributed by atoms with E-state index in [1.807, 2.05) is 0 Å². The minimum Gasteiger partial charge on any atom is -0.423 e. The van der Waals surface area contributed by atoms with Crippen molar-refractivity contribution in [1.29, 1.82) is 0 Å². The summed E-state index contributed by atoms with van der Waals surface area (Å²) < 4.78 is 125. The lowest BCUT2D eigenvalue weighted by Crippen LogP contribution is -2.27. The largest absolute Gasteiger partial charge is 0.425 e. The van der Waals surface area contributed by atoms with Crippen LogP contribution in [0.5, 0.6) is 5.75 Å². The third-order valence-corrected chi connectivity index (χ3v) is 6.03. The highest BCUT2D eigenvalue weighted by Crippen LogP contribution is 2.36. The van der Waals surface area contributed by atoms with Gasteiger partial charge in [-0.3, -0.25) is 0 Å². The van der Waals surface area contributed by atoms with E-state index in [0.717, 1.165) is 25.0 Å². The van der Waals surface area contributed by atoms with Gasteiger partial charge in [0.2, 0.25) is 0 Å². The Labute approximate surface area is 218 Å². The van der Waals surface area contributed by atoms with Gasteiger partial charge < -0.3 is 14.2 Å². The van der Waals surface area contributed by atoms with Crippen molar-refractivity contribution >= 4 is 0 Å². The Hall–Kier alpha value is -3.44. The molecule has 3 nitrogen and oxygen atoms in total. The molecule has 1 fully saturated rings.